The summed E-state index contributed by atoms with van der Waals surface area (Å²) in [4.78, 5) is 25.9. The highest BCUT2D eigenvalue weighted by atomic mass is 16.7. The summed E-state index contributed by atoms with van der Waals surface area (Å²) in [7, 11) is 0. The van der Waals surface area contributed by atoms with Gasteiger partial charge in [-0.25, -0.2) is 0 Å². The summed E-state index contributed by atoms with van der Waals surface area (Å²) in [5, 5.41) is 72.2. The molecule has 7 N–H and O–H groups in total. The zero-order chi connectivity index (χ0) is 52.4. The average molecular weight is 1030 g/mol. The Balaban J connectivity index is 1.76. The van der Waals surface area contributed by atoms with Crippen molar-refractivity contribution in [2.24, 2.45) is 0 Å². The van der Waals surface area contributed by atoms with Crippen LogP contribution in [0, 0.1) is 0 Å². The summed E-state index contributed by atoms with van der Waals surface area (Å²) in [6, 6.07) is 0. The lowest BCUT2D eigenvalue weighted by Crippen LogP contribution is -2.61. The second kappa shape index (κ2) is 43.9. The molecule has 0 amide bonds. The molecule has 2 aliphatic rings. The van der Waals surface area contributed by atoms with Crippen molar-refractivity contribution >= 4 is 11.9 Å². The third kappa shape index (κ3) is 30.9. The molecule has 15 heteroatoms. The number of unbranched alkanes of at least 4 members (excludes halogenated alkanes) is 25. The standard InChI is InChI=1S/C57H102O15/c1-3-5-7-9-11-13-15-17-19-21-22-24-25-27-29-31-33-35-37-39-48(59)67-42-45(70-49(60)40-38-36-34-32-30-28-26-23-20-18-16-14-12-10-8-6-4-2)43-68-56-55(66)53(64)51(62)47(72-56)44-69-57-54(65)52(63)50(61)46(41-58)71-57/h11,13,17-20,45-47,50-58,61-66H,3-10,12,14-16,21-44H2,1-2H3/b13-11+,19-17+,20-18+/t45-,46+,47+,50-,51-,52?,53?,54?,55?,56+,57+/m0/s1. The molecule has 2 heterocycles. The van der Waals surface area contributed by atoms with Crippen molar-refractivity contribution in [3.63, 3.8) is 0 Å². The van der Waals surface area contributed by atoms with Gasteiger partial charge in [-0.2, -0.15) is 0 Å². The highest BCUT2D eigenvalue weighted by Crippen LogP contribution is 2.27. The Hall–Kier alpha value is -2.28. The maximum Gasteiger partial charge on any atom is 0.306 e. The number of hydrogen-bond donors (Lipinski definition) is 7. The molecule has 2 fully saturated rings. The first-order valence-corrected chi connectivity index (χ1v) is 28.6. The molecule has 0 aromatic carbocycles. The molecule has 72 heavy (non-hydrogen) atoms. The van der Waals surface area contributed by atoms with Gasteiger partial charge in [0.1, 0.15) is 55.4 Å². The largest absolute Gasteiger partial charge is 0.462 e. The molecule has 0 aliphatic carbocycles. The number of carbonyl (C=O) groups excluding carboxylic acids is 2. The van der Waals surface area contributed by atoms with Crippen molar-refractivity contribution in [3.8, 4) is 0 Å². The summed E-state index contributed by atoms with van der Waals surface area (Å²) in [6.45, 7) is 2.58. The van der Waals surface area contributed by atoms with E-state index in [1.807, 2.05) is 0 Å². The van der Waals surface area contributed by atoms with E-state index in [9.17, 15) is 45.3 Å². The highest BCUT2D eigenvalue weighted by molar-refractivity contribution is 5.70. The van der Waals surface area contributed by atoms with Crippen LogP contribution >= 0.6 is 0 Å². The molecule has 2 aliphatic heterocycles. The molecule has 0 spiro atoms. The third-order valence-electron chi connectivity index (χ3n) is 13.6. The number of carbonyl (C=O) groups is 2. The predicted molar refractivity (Wildman–Crippen MR) is 280 cm³/mol. The summed E-state index contributed by atoms with van der Waals surface area (Å²) in [6.07, 6.45) is 31.6. The molecule has 0 aromatic rings. The van der Waals surface area contributed by atoms with Crippen molar-refractivity contribution in [2.45, 2.75) is 287 Å². The van der Waals surface area contributed by atoms with Gasteiger partial charge in [0, 0.05) is 12.8 Å². The second-order valence-corrected chi connectivity index (χ2v) is 20.1. The summed E-state index contributed by atoms with van der Waals surface area (Å²) in [5.74, 6) is -0.928. The fraction of sp³-hybridized carbons (Fsp3) is 0.860. The first-order valence-electron chi connectivity index (χ1n) is 28.6. The normalized spacial score (nSPS) is 25.2. The van der Waals surface area contributed by atoms with E-state index in [4.69, 9.17) is 28.4 Å². The molecule has 0 bridgehead atoms. The van der Waals surface area contributed by atoms with Gasteiger partial charge >= 0.3 is 11.9 Å². The van der Waals surface area contributed by atoms with Crippen LogP contribution in [0.3, 0.4) is 0 Å². The van der Waals surface area contributed by atoms with Gasteiger partial charge < -0.3 is 64.2 Å². The van der Waals surface area contributed by atoms with E-state index in [2.05, 4.69) is 50.3 Å². The van der Waals surface area contributed by atoms with Crippen LogP contribution in [0.25, 0.3) is 0 Å². The van der Waals surface area contributed by atoms with Gasteiger partial charge in [-0.3, -0.25) is 9.59 Å². The minimum absolute atomic E-state index is 0.160. The molecule has 0 radical (unpaired) electrons. The van der Waals surface area contributed by atoms with Crippen molar-refractivity contribution in [3.05, 3.63) is 36.5 Å². The van der Waals surface area contributed by atoms with Crippen molar-refractivity contribution in [1.82, 2.24) is 0 Å². The maximum absolute atomic E-state index is 13.1. The number of ether oxygens (including phenoxy) is 6. The molecular formula is C57H102O15. The topological polar surface area (TPSA) is 231 Å². The fourth-order valence-corrected chi connectivity index (χ4v) is 8.89. The third-order valence-corrected chi connectivity index (χ3v) is 13.6. The second-order valence-electron chi connectivity index (χ2n) is 20.1. The minimum Gasteiger partial charge on any atom is -0.462 e. The monoisotopic (exact) mass is 1030 g/mol. The van der Waals surface area contributed by atoms with Crippen LogP contribution in [0.5, 0.6) is 0 Å². The van der Waals surface area contributed by atoms with E-state index in [1.54, 1.807) is 0 Å². The Morgan fingerprint density at radius 2 is 0.833 bits per heavy atom. The van der Waals surface area contributed by atoms with Crippen LogP contribution in [-0.4, -0.2) is 142 Å². The SMILES string of the molecule is CCCCC/C=C/C/C=C/CCCCCCCCCCCC(=O)OC[C@@H](CO[C@@H]1O[C@H](CO[C@@H]2O[C@H](CO)[C@H](O)C(O)C2O)[C@H](O)C(O)C1O)OC(=O)CCCCCCCCC/C=C/CCCCCCCC. The van der Waals surface area contributed by atoms with E-state index in [0.29, 0.717) is 12.8 Å². The molecule has 15 nitrogen and oxygen atoms in total. The Bertz CT molecular complexity index is 1390. The van der Waals surface area contributed by atoms with Crippen LogP contribution < -0.4 is 0 Å². The van der Waals surface area contributed by atoms with Crippen LogP contribution in [-0.2, 0) is 38.0 Å². The number of esters is 2. The van der Waals surface area contributed by atoms with Crippen molar-refractivity contribution in [2.75, 3.05) is 26.4 Å². The first kappa shape index (κ1) is 65.8. The number of hydrogen-bond acceptors (Lipinski definition) is 15. The molecule has 420 valence electrons. The van der Waals surface area contributed by atoms with E-state index in [-0.39, 0.29) is 26.1 Å². The van der Waals surface area contributed by atoms with E-state index in [0.717, 1.165) is 64.2 Å². The number of allylic oxidation sites excluding steroid dienone is 6. The van der Waals surface area contributed by atoms with Gasteiger partial charge in [-0.1, -0.05) is 172 Å². The zero-order valence-corrected chi connectivity index (χ0v) is 44.7. The Labute approximate surface area is 434 Å². The lowest BCUT2D eigenvalue weighted by Gasteiger charge is -2.42. The number of aliphatic hydroxyl groups is 7. The quantitative estimate of drug-likeness (QED) is 0.0171. The van der Waals surface area contributed by atoms with Crippen LogP contribution in [0.4, 0.5) is 0 Å². The molecule has 0 saturated carbocycles. The summed E-state index contributed by atoms with van der Waals surface area (Å²) >= 11 is 0. The van der Waals surface area contributed by atoms with E-state index in [1.165, 1.54) is 116 Å². The Kier molecular flexibility index (Phi) is 40.1. The summed E-state index contributed by atoms with van der Waals surface area (Å²) < 4.78 is 33.7. The van der Waals surface area contributed by atoms with Crippen LogP contribution in [0.15, 0.2) is 36.5 Å². The smallest absolute Gasteiger partial charge is 0.306 e. The lowest BCUT2D eigenvalue weighted by molar-refractivity contribution is -0.332. The van der Waals surface area contributed by atoms with Crippen molar-refractivity contribution < 1.29 is 73.8 Å². The van der Waals surface area contributed by atoms with Gasteiger partial charge in [0.25, 0.3) is 0 Å². The van der Waals surface area contributed by atoms with Crippen molar-refractivity contribution in [1.29, 1.82) is 0 Å². The zero-order valence-electron chi connectivity index (χ0n) is 44.7. The molecule has 4 unspecified atom stereocenters. The van der Waals surface area contributed by atoms with Gasteiger partial charge in [0.15, 0.2) is 18.7 Å². The van der Waals surface area contributed by atoms with Gasteiger partial charge in [-0.15, -0.1) is 0 Å². The molecule has 2 saturated heterocycles. The molecular weight excluding hydrogens is 925 g/mol. The Morgan fingerprint density at radius 3 is 1.33 bits per heavy atom. The number of rotatable bonds is 45. The fourth-order valence-electron chi connectivity index (χ4n) is 8.89. The van der Waals surface area contributed by atoms with Gasteiger partial charge in [-0.05, 0) is 70.6 Å². The first-order chi connectivity index (χ1) is 35.0. The van der Waals surface area contributed by atoms with Crippen LogP contribution in [0.2, 0.25) is 0 Å². The van der Waals surface area contributed by atoms with E-state index >= 15 is 0 Å². The lowest BCUT2D eigenvalue weighted by atomic mass is 9.98. The van der Waals surface area contributed by atoms with Gasteiger partial charge in [0.2, 0.25) is 0 Å². The van der Waals surface area contributed by atoms with Gasteiger partial charge in [0.05, 0.1) is 19.8 Å². The molecule has 0 aromatic heterocycles. The Morgan fingerprint density at radius 1 is 0.444 bits per heavy atom. The average Bonchev–Trinajstić information content (AvgIpc) is 3.37. The van der Waals surface area contributed by atoms with E-state index < -0.39 is 92.7 Å². The molecule has 11 atom stereocenters. The van der Waals surface area contributed by atoms with Crippen LogP contribution in [0.1, 0.15) is 219 Å². The predicted octanol–water partition coefficient (Wildman–Crippen LogP) is 9.27. The highest BCUT2D eigenvalue weighted by Gasteiger charge is 2.47. The number of aliphatic hydroxyl groups excluding tert-OH is 7. The molecule has 2 rings (SSSR count). The minimum atomic E-state index is -1.77. The summed E-state index contributed by atoms with van der Waals surface area (Å²) in [5.41, 5.74) is 0. The maximum atomic E-state index is 13.1.